The number of hydrogen-bond acceptors (Lipinski definition) is 5. The molecule has 1 atom stereocenters. The smallest absolute Gasteiger partial charge is 0.329 e. The second kappa shape index (κ2) is 8.58. The van der Waals surface area contributed by atoms with E-state index in [1.54, 1.807) is 26.6 Å². The molecule has 0 radical (unpaired) electrons. The van der Waals surface area contributed by atoms with Crippen LogP contribution in [0.3, 0.4) is 0 Å². The van der Waals surface area contributed by atoms with Crippen molar-refractivity contribution in [1.29, 1.82) is 0 Å². The van der Waals surface area contributed by atoms with Crippen molar-refractivity contribution in [2.75, 3.05) is 19.6 Å². The first-order chi connectivity index (χ1) is 18.5. The zero-order valence-electron chi connectivity index (χ0n) is 21.5. The van der Waals surface area contributed by atoms with Gasteiger partial charge in [0.1, 0.15) is 17.7 Å². The Morgan fingerprint density at radius 1 is 1.13 bits per heavy atom. The van der Waals surface area contributed by atoms with Gasteiger partial charge in [0.15, 0.2) is 6.20 Å². The molecule has 3 aromatic heterocycles. The van der Waals surface area contributed by atoms with Gasteiger partial charge in [0.25, 0.3) is 5.91 Å². The molecule has 5 heterocycles. The third-order valence-corrected chi connectivity index (χ3v) is 7.51. The first-order valence-electron chi connectivity index (χ1n) is 12.5. The second-order valence-corrected chi connectivity index (χ2v) is 10.3. The molecule has 1 unspecified atom stereocenters. The van der Waals surface area contributed by atoms with Gasteiger partial charge in [-0.3, -0.25) is 14.5 Å². The van der Waals surface area contributed by atoms with Crippen LogP contribution in [-0.2, 0) is 11.8 Å². The van der Waals surface area contributed by atoms with E-state index in [0.29, 0.717) is 35.7 Å². The molecule has 1 aromatic carbocycles. The lowest BCUT2D eigenvalue weighted by Crippen LogP contribution is -2.69. The first-order valence-corrected chi connectivity index (χ1v) is 12.5. The maximum Gasteiger partial charge on any atom is 0.416 e. The number of piperazine rings is 1. The Labute approximate surface area is 221 Å². The number of halogens is 3. The molecule has 200 valence electrons. The Bertz CT molecular complexity index is 1620. The van der Waals surface area contributed by atoms with E-state index in [0.717, 1.165) is 17.7 Å². The largest absolute Gasteiger partial charge is 0.416 e. The quantitative estimate of drug-likeness (QED) is 0.374. The van der Waals surface area contributed by atoms with Crippen molar-refractivity contribution in [2.24, 2.45) is 0 Å². The minimum Gasteiger partial charge on any atom is -0.329 e. The maximum absolute atomic E-state index is 13.6. The molecule has 4 aromatic rings. The van der Waals surface area contributed by atoms with Crippen LogP contribution in [0.4, 0.5) is 13.2 Å². The lowest BCUT2D eigenvalue weighted by Gasteiger charge is -2.42. The van der Waals surface area contributed by atoms with Crippen molar-refractivity contribution in [3.05, 3.63) is 77.6 Å². The molecule has 0 bridgehead atoms. The summed E-state index contributed by atoms with van der Waals surface area (Å²) in [4.78, 5) is 38.2. The summed E-state index contributed by atoms with van der Waals surface area (Å²) in [7, 11) is 0. The van der Waals surface area contributed by atoms with E-state index in [4.69, 9.17) is 5.10 Å². The molecule has 0 saturated carbocycles. The van der Waals surface area contributed by atoms with Crippen LogP contribution < -0.4 is 4.57 Å². The summed E-state index contributed by atoms with van der Waals surface area (Å²) in [5.41, 5.74) is 1.72. The van der Waals surface area contributed by atoms with Crippen molar-refractivity contribution in [3.63, 3.8) is 0 Å². The van der Waals surface area contributed by atoms with E-state index in [1.807, 2.05) is 31.4 Å². The molecule has 1 saturated heterocycles. The normalized spacial score (nSPS) is 19.1. The van der Waals surface area contributed by atoms with Crippen molar-refractivity contribution < 1.29 is 27.3 Å². The maximum atomic E-state index is 13.6. The Kier molecular flexibility index (Phi) is 5.49. The van der Waals surface area contributed by atoms with Gasteiger partial charge in [-0.05, 0) is 30.2 Å². The van der Waals surface area contributed by atoms with Gasteiger partial charge in [-0.2, -0.15) is 17.7 Å². The van der Waals surface area contributed by atoms with Gasteiger partial charge in [0.2, 0.25) is 11.4 Å². The third kappa shape index (κ3) is 3.84. The SMILES string of the molecule is CC(C)c1cc(-c2ccc(C(F)(F)F)cc2)nn2cc3[n+](c12)C1(C)CN(C(=O)c2ccncn2)CCN1C3=O. The molecule has 39 heavy (non-hydrogen) atoms. The highest BCUT2D eigenvalue weighted by Crippen LogP contribution is 2.35. The molecule has 12 heteroatoms. The minimum absolute atomic E-state index is 0.00490. The molecule has 0 spiro atoms. The highest BCUT2D eigenvalue weighted by molar-refractivity contribution is 5.95. The number of rotatable bonds is 3. The van der Waals surface area contributed by atoms with Crippen molar-refractivity contribution >= 4 is 17.5 Å². The topological polar surface area (TPSA) is 87.6 Å². The second-order valence-electron chi connectivity index (χ2n) is 10.3. The summed E-state index contributed by atoms with van der Waals surface area (Å²) in [6.07, 6.45) is 0.0756. The summed E-state index contributed by atoms with van der Waals surface area (Å²) < 4.78 is 42.8. The first kappa shape index (κ1) is 25.0. The molecule has 1 fully saturated rings. The van der Waals surface area contributed by atoms with E-state index in [9.17, 15) is 22.8 Å². The van der Waals surface area contributed by atoms with Gasteiger partial charge >= 0.3 is 17.7 Å². The summed E-state index contributed by atoms with van der Waals surface area (Å²) in [6.45, 7) is 6.91. The fourth-order valence-corrected chi connectivity index (χ4v) is 5.57. The van der Waals surface area contributed by atoms with Gasteiger partial charge in [-0.15, -0.1) is 0 Å². The van der Waals surface area contributed by atoms with Crippen molar-refractivity contribution in [1.82, 2.24) is 29.4 Å². The molecule has 2 aliphatic rings. The Hall–Kier alpha value is -4.35. The summed E-state index contributed by atoms with van der Waals surface area (Å²) in [5.74, 6) is -0.400. The van der Waals surface area contributed by atoms with Crippen LogP contribution in [0.15, 0.2) is 55.1 Å². The average Bonchev–Trinajstić information content (AvgIpc) is 3.41. The zero-order chi connectivity index (χ0) is 27.7. The lowest BCUT2D eigenvalue weighted by molar-refractivity contribution is -0.749. The zero-order valence-corrected chi connectivity index (χ0v) is 21.5. The monoisotopic (exact) mass is 536 g/mol. The van der Waals surface area contributed by atoms with E-state index >= 15 is 0 Å². The average molecular weight is 537 g/mol. The van der Waals surface area contributed by atoms with Crippen molar-refractivity contribution in [3.8, 4) is 11.3 Å². The Morgan fingerprint density at radius 3 is 2.51 bits per heavy atom. The lowest BCUT2D eigenvalue weighted by atomic mass is 10.0. The molecule has 2 aliphatic heterocycles. The van der Waals surface area contributed by atoms with Crippen molar-refractivity contribution in [2.45, 2.75) is 38.5 Å². The minimum atomic E-state index is -4.43. The molecule has 6 rings (SSSR count). The summed E-state index contributed by atoms with van der Waals surface area (Å²) >= 11 is 0. The number of nitrogens with zero attached hydrogens (tertiary/aromatic N) is 7. The standard InChI is InChI=1S/C27H25F3N7O2/c1-16(2)19-12-21(17-4-6-18(7-5-17)27(28,29)30)33-36-13-22-25(39)35-11-10-34(14-26(35,3)37(22)23(19)36)24(38)20-8-9-31-15-32-20/h4-9,12-13,15-16H,10-11,14H2,1-3H3/q+1. The number of aromatic nitrogens is 5. The molecule has 0 N–H and O–H groups in total. The predicted molar refractivity (Wildman–Crippen MR) is 133 cm³/mol. The fourth-order valence-electron chi connectivity index (χ4n) is 5.57. The number of amides is 2. The van der Waals surface area contributed by atoms with Gasteiger partial charge in [0, 0.05) is 37.3 Å². The summed E-state index contributed by atoms with van der Waals surface area (Å²) in [6, 6.07) is 8.29. The van der Waals surface area contributed by atoms with Crippen LogP contribution in [0.5, 0.6) is 0 Å². The molecule has 0 aliphatic carbocycles. The predicted octanol–water partition coefficient (Wildman–Crippen LogP) is 3.51. The van der Waals surface area contributed by atoms with Crippen LogP contribution in [-0.4, -0.2) is 60.8 Å². The number of benzene rings is 1. The van der Waals surface area contributed by atoms with E-state index in [-0.39, 0.29) is 30.0 Å². The van der Waals surface area contributed by atoms with E-state index in [2.05, 4.69) is 9.97 Å². The number of imidazole rings is 1. The highest BCUT2D eigenvalue weighted by Gasteiger charge is 2.57. The van der Waals surface area contributed by atoms with Gasteiger partial charge in [-0.1, -0.05) is 35.6 Å². The molecular formula is C27H25F3N7O2+. The van der Waals surface area contributed by atoms with Crippen LogP contribution >= 0.6 is 0 Å². The molecule has 9 nitrogen and oxygen atoms in total. The van der Waals surface area contributed by atoms with Gasteiger partial charge in [-0.25, -0.2) is 9.97 Å². The van der Waals surface area contributed by atoms with E-state index in [1.165, 1.54) is 24.7 Å². The Morgan fingerprint density at radius 2 is 1.87 bits per heavy atom. The van der Waals surface area contributed by atoms with Crippen LogP contribution in [0, 0.1) is 0 Å². The molecular weight excluding hydrogens is 511 g/mol. The highest BCUT2D eigenvalue weighted by atomic mass is 19.4. The third-order valence-electron chi connectivity index (χ3n) is 7.51. The number of fused-ring (bicyclic) bond motifs is 5. The van der Waals surface area contributed by atoms with Gasteiger partial charge in [0.05, 0.1) is 12.1 Å². The van der Waals surface area contributed by atoms with Gasteiger partial charge < -0.3 is 4.90 Å². The number of carbonyl (C=O) groups is 2. The van der Waals surface area contributed by atoms with Crippen LogP contribution in [0.25, 0.3) is 16.9 Å². The number of carbonyl (C=O) groups excluding carboxylic acids is 2. The number of hydrogen-bond donors (Lipinski definition) is 0. The van der Waals surface area contributed by atoms with E-state index < -0.39 is 17.4 Å². The number of alkyl halides is 3. The Balaban J connectivity index is 1.45. The van der Waals surface area contributed by atoms with Crippen LogP contribution in [0.2, 0.25) is 0 Å². The molecule has 2 amide bonds. The van der Waals surface area contributed by atoms with Crippen LogP contribution in [0.1, 0.15) is 58.8 Å². The summed E-state index contributed by atoms with van der Waals surface area (Å²) in [5, 5.41) is 4.69. The fraction of sp³-hybridized carbons (Fsp3) is 0.333.